The number of anilines is 1. The van der Waals surface area contributed by atoms with Gasteiger partial charge in [0.15, 0.2) is 0 Å². The SMILES string of the molecule is CCN=CNc1ccc(C)cc1. The van der Waals surface area contributed by atoms with Gasteiger partial charge < -0.3 is 5.32 Å². The van der Waals surface area contributed by atoms with E-state index < -0.39 is 0 Å². The number of nitrogens with one attached hydrogen (secondary N) is 1. The van der Waals surface area contributed by atoms with E-state index in [0.29, 0.717) is 0 Å². The molecule has 1 rings (SSSR count). The molecule has 1 aromatic rings. The van der Waals surface area contributed by atoms with Gasteiger partial charge in [0.1, 0.15) is 0 Å². The maximum atomic E-state index is 4.05. The van der Waals surface area contributed by atoms with Crippen LogP contribution in [0, 0.1) is 6.92 Å². The Morgan fingerprint density at radius 2 is 2.00 bits per heavy atom. The summed E-state index contributed by atoms with van der Waals surface area (Å²) in [6.45, 7) is 4.90. The molecular formula is C10H14N2. The Balaban J connectivity index is 2.53. The number of benzene rings is 1. The summed E-state index contributed by atoms with van der Waals surface area (Å²) in [5.41, 5.74) is 2.35. The Kier molecular flexibility index (Phi) is 3.33. The van der Waals surface area contributed by atoms with Crippen molar-refractivity contribution in [3.8, 4) is 0 Å². The second kappa shape index (κ2) is 4.54. The molecule has 0 fully saturated rings. The van der Waals surface area contributed by atoms with E-state index >= 15 is 0 Å². The zero-order valence-corrected chi connectivity index (χ0v) is 7.54. The minimum atomic E-state index is 0.818. The van der Waals surface area contributed by atoms with Gasteiger partial charge in [0.25, 0.3) is 0 Å². The molecule has 0 aliphatic rings. The molecule has 0 heterocycles. The third kappa shape index (κ3) is 2.74. The number of nitrogens with zero attached hydrogens (tertiary/aromatic N) is 1. The predicted molar refractivity (Wildman–Crippen MR) is 53.8 cm³/mol. The first kappa shape index (κ1) is 8.78. The first-order valence-electron chi connectivity index (χ1n) is 4.14. The minimum Gasteiger partial charge on any atom is -0.347 e. The third-order valence-electron chi connectivity index (χ3n) is 1.56. The van der Waals surface area contributed by atoms with Gasteiger partial charge in [-0.15, -0.1) is 0 Å². The summed E-state index contributed by atoms with van der Waals surface area (Å²) in [4.78, 5) is 4.05. The molecule has 0 amide bonds. The van der Waals surface area contributed by atoms with E-state index in [9.17, 15) is 0 Å². The Morgan fingerprint density at radius 1 is 1.33 bits per heavy atom. The molecule has 0 saturated carbocycles. The predicted octanol–water partition coefficient (Wildman–Crippen LogP) is 2.46. The summed E-state index contributed by atoms with van der Waals surface area (Å²) in [5, 5.41) is 3.08. The Bertz CT molecular complexity index is 249. The van der Waals surface area contributed by atoms with Crippen molar-refractivity contribution in [3.05, 3.63) is 29.8 Å². The summed E-state index contributed by atoms with van der Waals surface area (Å²) in [6, 6.07) is 8.22. The molecule has 0 aliphatic heterocycles. The largest absolute Gasteiger partial charge is 0.347 e. The highest BCUT2D eigenvalue weighted by molar-refractivity contribution is 5.75. The molecule has 64 valence electrons. The van der Waals surface area contributed by atoms with Crippen molar-refractivity contribution in [2.24, 2.45) is 4.99 Å². The molecule has 0 saturated heterocycles. The lowest BCUT2D eigenvalue weighted by atomic mass is 10.2. The maximum absolute atomic E-state index is 4.05. The fraction of sp³-hybridized carbons (Fsp3) is 0.300. The van der Waals surface area contributed by atoms with Crippen LogP contribution in [0.4, 0.5) is 5.69 Å². The second-order valence-corrected chi connectivity index (χ2v) is 2.64. The molecule has 0 atom stereocenters. The highest BCUT2D eigenvalue weighted by atomic mass is 14.9. The van der Waals surface area contributed by atoms with E-state index in [4.69, 9.17) is 0 Å². The number of hydrogen-bond acceptors (Lipinski definition) is 1. The van der Waals surface area contributed by atoms with Crippen LogP contribution in [0.5, 0.6) is 0 Å². The summed E-state index contributed by atoms with van der Waals surface area (Å²) < 4.78 is 0. The molecule has 1 N–H and O–H groups in total. The van der Waals surface area contributed by atoms with Crippen molar-refractivity contribution in [2.45, 2.75) is 13.8 Å². The average Bonchev–Trinajstić information content (AvgIpc) is 2.09. The summed E-state index contributed by atoms with van der Waals surface area (Å²) in [6.07, 6.45) is 1.73. The van der Waals surface area contributed by atoms with E-state index in [2.05, 4.69) is 29.4 Å². The quantitative estimate of drug-likeness (QED) is 0.536. The van der Waals surface area contributed by atoms with Gasteiger partial charge in [-0.3, -0.25) is 4.99 Å². The van der Waals surface area contributed by atoms with Gasteiger partial charge in [0.05, 0.1) is 6.34 Å². The summed E-state index contributed by atoms with van der Waals surface area (Å²) in [5.74, 6) is 0. The number of rotatable bonds is 3. The second-order valence-electron chi connectivity index (χ2n) is 2.64. The third-order valence-corrected chi connectivity index (χ3v) is 1.56. The van der Waals surface area contributed by atoms with Crippen LogP contribution in [-0.2, 0) is 0 Å². The van der Waals surface area contributed by atoms with Crippen molar-refractivity contribution < 1.29 is 0 Å². The molecule has 0 bridgehead atoms. The lowest BCUT2D eigenvalue weighted by molar-refractivity contribution is 1.14. The fourth-order valence-electron chi connectivity index (χ4n) is 0.861. The van der Waals surface area contributed by atoms with Crippen molar-refractivity contribution in [3.63, 3.8) is 0 Å². The van der Waals surface area contributed by atoms with Crippen LogP contribution in [0.3, 0.4) is 0 Å². The smallest absolute Gasteiger partial charge is 0.0867 e. The standard InChI is InChI=1S/C10H14N2/c1-3-11-8-12-10-6-4-9(2)5-7-10/h4-8H,3H2,1-2H3,(H,11,12). The number of aryl methyl sites for hydroxylation is 1. The fourth-order valence-corrected chi connectivity index (χ4v) is 0.861. The van der Waals surface area contributed by atoms with Crippen molar-refractivity contribution in [1.29, 1.82) is 0 Å². The monoisotopic (exact) mass is 162 g/mol. The Hall–Kier alpha value is -1.31. The molecular weight excluding hydrogens is 148 g/mol. The zero-order valence-electron chi connectivity index (χ0n) is 7.54. The van der Waals surface area contributed by atoms with Crippen LogP contribution < -0.4 is 5.32 Å². The van der Waals surface area contributed by atoms with Gasteiger partial charge in [-0.25, -0.2) is 0 Å². The summed E-state index contributed by atoms with van der Waals surface area (Å²) in [7, 11) is 0. The van der Waals surface area contributed by atoms with E-state index in [0.717, 1.165) is 12.2 Å². The average molecular weight is 162 g/mol. The van der Waals surface area contributed by atoms with Gasteiger partial charge in [0, 0.05) is 12.2 Å². The lowest BCUT2D eigenvalue weighted by Gasteiger charge is -1.99. The van der Waals surface area contributed by atoms with E-state index in [1.165, 1.54) is 5.56 Å². The molecule has 1 aromatic carbocycles. The van der Waals surface area contributed by atoms with Crippen LogP contribution in [-0.4, -0.2) is 12.9 Å². The maximum Gasteiger partial charge on any atom is 0.0867 e. The van der Waals surface area contributed by atoms with Crippen LogP contribution in [0.25, 0.3) is 0 Å². The van der Waals surface area contributed by atoms with E-state index in [1.54, 1.807) is 6.34 Å². The van der Waals surface area contributed by atoms with Crippen LogP contribution in [0.15, 0.2) is 29.3 Å². The minimum absolute atomic E-state index is 0.818. The highest BCUT2D eigenvalue weighted by Gasteiger charge is 1.86. The first-order valence-corrected chi connectivity index (χ1v) is 4.14. The summed E-state index contributed by atoms with van der Waals surface area (Å²) >= 11 is 0. The van der Waals surface area contributed by atoms with Crippen LogP contribution in [0.2, 0.25) is 0 Å². The molecule has 12 heavy (non-hydrogen) atoms. The highest BCUT2D eigenvalue weighted by Crippen LogP contribution is 2.06. The van der Waals surface area contributed by atoms with E-state index in [1.807, 2.05) is 19.1 Å². The molecule has 0 aromatic heterocycles. The van der Waals surface area contributed by atoms with Crippen molar-refractivity contribution >= 4 is 12.0 Å². The van der Waals surface area contributed by atoms with Crippen LogP contribution in [0.1, 0.15) is 12.5 Å². The molecule has 0 spiro atoms. The molecule has 0 unspecified atom stereocenters. The van der Waals surface area contributed by atoms with Crippen LogP contribution >= 0.6 is 0 Å². The molecule has 0 radical (unpaired) electrons. The van der Waals surface area contributed by atoms with Gasteiger partial charge in [-0.05, 0) is 26.0 Å². The van der Waals surface area contributed by atoms with Crippen molar-refractivity contribution in [2.75, 3.05) is 11.9 Å². The number of hydrogen-bond donors (Lipinski definition) is 1. The van der Waals surface area contributed by atoms with Gasteiger partial charge in [-0.1, -0.05) is 17.7 Å². The molecule has 2 nitrogen and oxygen atoms in total. The van der Waals surface area contributed by atoms with Crippen molar-refractivity contribution in [1.82, 2.24) is 0 Å². The van der Waals surface area contributed by atoms with Gasteiger partial charge in [0.2, 0.25) is 0 Å². The number of aliphatic imine (C=N–C) groups is 1. The zero-order chi connectivity index (χ0) is 8.81. The lowest BCUT2D eigenvalue weighted by Crippen LogP contribution is -1.94. The first-order chi connectivity index (χ1) is 5.83. The van der Waals surface area contributed by atoms with Gasteiger partial charge >= 0.3 is 0 Å². The van der Waals surface area contributed by atoms with Gasteiger partial charge in [-0.2, -0.15) is 0 Å². The normalized spacial score (nSPS) is 10.5. The molecule has 2 heteroatoms. The Labute approximate surface area is 73.3 Å². The van der Waals surface area contributed by atoms with E-state index in [-0.39, 0.29) is 0 Å². The topological polar surface area (TPSA) is 24.4 Å². The Morgan fingerprint density at radius 3 is 2.58 bits per heavy atom. The molecule has 0 aliphatic carbocycles.